The van der Waals surface area contributed by atoms with Crippen molar-refractivity contribution in [2.75, 3.05) is 42.5 Å². The highest BCUT2D eigenvalue weighted by atomic mass is 32.2. The molecule has 1 aromatic rings. The highest BCUT2D eigenvalue weighted by molar-refractivity contribution is 7.92. The summed E-state index contributed by atoms with van der Waals surface area (Å²) in [4.78, 5) is 2.37. The van der Waals surface area contributed by atoms with Crippen LogP contribution in [-0.2, 0) is 10.0 Å². The van der Waals surface area contributed by atoms with Crippen LogP contribution in [0.2, 0.25) is 0 Å². The fourth-order valence-electron chi connectivity index (χ4n) is 2.44. The Labute approximate surface area is 127 Å². The second-order valence-electron chi connectivity index (χ2n) is 5.71. The smallest absolute Gasteiger partial charge is 0.232 e. The van der Waals surface area contributed by atoms with Gasteiger partial charge in [0.2, 0.25) is 10.0 Å². The summed E-state index contributed by atoms with van der Waals surface area (Å²) in [6.07, 6.45) is 2.47. The van der Waals surface area contributed by atoms with Crippen molar-refractivity contribution in [3.63, 3.8) is 0 Å². The topological polar surface area (TPSA) is 61.4 Å². The molecule has 1 saturated heterocycles. The van der Waals surface area contributed by atoms with Gasteiger partial charge in [-0.05, 0) is 70.1 Å². The van der Waals surface area contributed by atoms with Crippen LogP contribution in [-0.4, -0.2) is 45.8 Å². The lowest BCUT2D eigenvalue weighted by molar-refractivity contribution is 0.226. The van der Waals surface area contributed by atoms with Crippen LogP contribution >= 0.6 is 0 Å². The maximum atomic E-state index is 11.5. The van der Waals surface area contributed by atoms with Crippen LogP contribution in [0.15, 0.2) is 24.3 Å². The van der Waals surface area contributed by atoms with Gasteiger partial charge in [0.25, 0.3) is 0 Å². The zero-order valence-electron chi connectivity index (χ0n) is 12.8. The summed E-state index contributed by atoms with van der Waals surface area (Å²) in [6.45, 7) is 4.95. The first-order valence-corrected chi connectivity index (χ1v) is 9.16. The average Bonchev–Trinajstić information content (AvgIpc) is 2.48. The second-order valence-corrected chi connectivity index (χ2v) is 7.72. The van der Waals surface area contributed by atoms with E-state index < -0.39 is 10.0 Å². The Morgan fingerprint density at radius 2 is 1.71 bits per heavy atom. The lowest BCUT2D eigenvalue weighted by Crippen LogP contribution is -2.32. The van der Waals surface area contributed by atoms with E-state index in [1.54, 1.807) is 19.1 Å². The van der Waals surface area contributed by atoms with Crippen LogP contribution in [0.4, 0.5) is 11.4 Å². The highest BCUT2D eigenvalue weighted by Crippen LogP contribution is 2.19. The molecule has 0 spiro atoms. The maximum absolute atomic E-state index is 11.5. The fourth-order valence-corrected chi connectivity index (χ4v) is 3.08. The van der Waals surface area contributed by atoms with Crippen molar-refractivity contribution in [1.29, 1.82) is 0 Å². The molecule has 1 aromatic carbocycles. The van der Waals surface area contributed by atoms with Crippen molar-refractivity contribution in [3.8, 4) is 0 Å². The van der Waals surface area contributed by atoms with E-state index in [1.165, 1.54) is 25.9 Å². The first-order chi connectivity index (χ1) is 9.98. The fraction of sp³-hybridized carbons (Fsp3) is 0.600. The molecule has 0 aromatic heterocycles. The summed E-state index contributed by atoms with van der Waals surface area (Å²) >= 11 is 0. The Balaban J connectivity index is 1.82. The van der Waals surface area contributed by atoms with Crippen LogP contribution < -0.4 is 10.0 Å². The molecule has 21 heavy (non-hydrogen) atoms. The number of hydrogen-bond donors (Lipinski definition) is 2. The average molecular weight is 311 g/mol. The first kappa shape index (κ1) is 16.1. The normalized spacial score (nSPS) is 17.6. The van der Waals surface area contributed by atoms with Crippen LogP contribution in [0.3, 0.4) is 0 Å². The maximum Gasteiger partial charge on any atom is 0.232 e. The molecule has 2 N–H and O–H groups in total. The predicted molar refractivity (Wildman–Crippen MR) is 88.2 cm³/mol. The van der Waals surface area contributed by atoms with Crippen molar-refractivity contribution in [1.82, 2.24) is 4.90 Å². The van der Waals surface area contributed by atoms with E-state index in [0.717, 1.165) is 18.2 Å². The molecule has 6 heteroatoms. The largest absolute Gasteiger partial charge is 0.385 e. The molecule has 1 aliphatic rings. The number of nitrogens with zero attached hydrogens (tertiary/aromatic N) is 1. The Morgan fingerprint density at radius 1 is 1.14 bits per heavy atom. The molecule has 118 valence electrons. The summed E-state index contributed by atoms with van der Waals surface area (Å²) < 4.78 is 25.5. The lowest BCUT2D eigenvalue weighted by atomic mass is 9.97. The second kappa shape index (κ2) is 7.13. The van der Waals surface area contributed by atoms with Crippen LogP contribution in [0, 0.1) is 5.92 Å². The molecule has 1 fully saturated rings. The van der Waals surface area contributed by atoms with Gasteiger partial charge in [-0.3, -0.25) is 4.72 Å². The number of rotatable bonds is 6. The van der Waals surface area contributed by atoms with Crippen molar-refractivity contribution >= 4 is 21.4 Å². The quantitative estimate of drug-likeness (QED) is 0.845. The molecule has 0 radical (unpaired) electrons. The summed E-state index contributed by atoms with van der Waals surface area (Å²) in [7, 11) is -1.03. The van der Waals surface area contributed by atoms with E-state index in [1.807, 2.05) is 12.1 Å². The molecule has 0 unspecified atom stereocenters. The van der Waals surface area contributed by atoms with Gasteiger partial charge < -0.3 is 10.2 Å². The molecular formula is C15H25N3O2S. The molecule has 1 aliphatic heterocycles. The van der Waals surface area contributed by atoms with E-state index in [-0.39, 0.29) is 5.75 Å². The van der Waals surface area contributed by atoms with E-state index in [9.17, 15) is 8.42 Å². The molecule has 5 nitrogen and oxygen atoms in total. The standard InChI is InChI=1S/C15H25N3O2S/c1-3-21(19,20)17-15-6-4-14(5-7-15)16-12-13-8-10-18(2)11-9-13/h4-7,13,16-17H,3,8-12H2,1-2H3. The van der Waals surface area contributed by atoms with Crippen molar-refractivity contribution in [3.05, 3.63) is 24.3 Å². The Bertz CT molecular complexity index is 535. The van der Waals surface area contributed by atoms with Gasteiger partial charge in [-0.25, -0.2) is 8.42 Å². The zero-order chi connectivity index (χ0) is 15.3. The van der Waals surface area contributed by atoms with Crippen molar-refractivity contribution in [2.24, 2.45) is 5.92 Å². The van der Waals surface area contributed by atoms with Crippen LogP contribution in [0.25, 0.3) is 0 Å². The minimum absolute atomic E-state index is 0.0864. The summed E-state index contributed by atoms with van der Waals surface area (Å²) in [6, 6.07) is 7.43. The van der Waals surface area contributed by atoms with Crippen LogP contribution in [0.1, 0.15) is 19.8 Å². The van der Waals surface area contributed by atoms with E-state index in [0.29, 0.717) is 5.69 Å². The Kier molecular flexibility index (Phi) is 5.47. The molecule has 0 bridgehead atoms. The van der Waals surface area contributed by atoms with E-state index in [2.05, 4.69) is 22.0 Å². The van der Waals surface area contributed by atoms with Gasteiger partial charge in [0, 0.05) is 17.9 Å². The molecular weight excluding hydrogens is 286 g/mol. The molecule has 0 aliphatic carbocycles. The van der Waals surface area contributed by atoms with E-state index in [4.69, 9.17) is 0 Å². The van der Waals surface area contributed by atoms with E-state index >= 15 is 0 Å². The third-order valence-corrected chi connectivity index (χ3v) is 5.28. The summed E-state index contributed by atoms with van der Waals surface area (Å²) in [5.74, 6) is 0.808. The Hall–Kier alpha value is -1.27. The molecule has 0 atom stereocenters. The number of benzene rings is 1. The third-order valence-electron chi connectivity index (χ3n) is 3.97. The van der Waals surface area contributed by atoms with Gasteiger partial charge in [-0.2, -0.15) is 0 Å². The minimum atomic E-state index is -3.20. The van der Waals surface area contributed by atoms with Crippen molar-refractivity contribution in [2.45, 2.75) is 19.8 Å². The van der Waals surface area contributed by atoms with Crippen LogP contribution in [0.5, 0.6) is 0 Å². The highest BCUT2D eigenvalue weighted by Gasteiger charge is 2.16. The number of likely N-dealkylation sites (tertiary alicyclic amines) is 1. The van der Waals surface area contributed by atoms with Gasteiger partial charge in [0.1, 0.15) is 0 Å². The monoisotopic (exact) mass is 311 g/mol. The van der Waals surface area contributed by atoms with Gasteiger partial charge >= 0.3 is 0 Å². The van der Waals surface area contributed by atoms with Gasteiger partial charge in [-0.15, -0.1) is 0 Å². The first-order valence-electron chi connectivity index (χ1n) is 7.51. The van der Waals surface area contributed by atoms with Crippen molar-refractivity contribution < 1.29 is 8.42 Å². The third kappa shape index (κ3) is 5.21. The zero-order valence-corrected chi connectivity index (χ0v) is 13.6. The molecule has 0 saturated carbocycles. The summed E-state index contributed by atoms with van der Waals surface area (Å²) in [5.41, 5.74) is 1.65. The molecule has 2 rings (SSSR count). The number of piperidine rings is 1. The lowest BCUT2D eigenvalue weighted by Gasteiger charge is -2.29. The SMILES string of the molecule is CCS(=O)(=O)Nc1ccc(NCC2CCN(C)CC2)cc1. The van der Waals surface area contributed by atoms with Gasteiger partial charge in [-0.1, -0.05) is 0 Å². The number of sulfonamides is 1. The number of nitrogens with one attached hydrogen (secondary N) is 2. The van der Waals surface area contributed by atoms with Gasteiger partial charge in [0.15, 0.2) is 0 Å². The van der Waals surface area contributed by atoms with Gasteiger partial charge in [0.05, 0.1) is 5.75 Å². The number of hydrogen-bond acceptors (Lipinski definition) is 4. The molecule has 1 heterocycles. The molecule has 0 amide bonds. The predicted octanol–water partition coefficient (Wildman–Crippen LogP) is 2.20. The minimum Gasteiger partial charge on any atom is -0.385 e. The number of anilines is 2. The summed E-state index contributed by atoms with van der Waals surface area (Å²) in [5, 5.41) is 3.44. The Morgan fingerprint density at radius 3 is 2.29 bits per heavy atom.